The van der Waals surface area contributed by atoms with E-state index in [1.807, 2.05) is 6.20 Å². The molecule has 3 nitrogen and oxygen atoms in total. The minimum atomic E-state index is 0.227. The SMILES string of the molecule is CCCNC(c1ccc(C2CCC2)cc1)c1cnns1. The summed E-state index contributed by atoms with van der Waals surface area (Å²) in [6.45, 7) is 3.20. The minimum absolute atomic E-state index is 0.227. The monoisotopic (exact) mass is 287 g/mol. The van der Waals surface area contributed by atoms with Crippen LogP contribution in [0.1, 0.15) is 60.6 Å². The van der Waals surface area contributed by atoms with Gasteiger partial charge < -0.3 is 5.32 Å². The number of rotatable bonds is 6. The Morgan fingerprint density at radius 2 is 2.10 bits per heavy atom. The van der Waals surface area contributed by atoms with Crippen molar-refractivity contribution in [3.8, 4) is 0 Å². The van der Waals surface area contributed by atoms with Crippen molar-refractivity contribution in [3.05, 3.63) is 46.5 Å². The third-order valence-electron chi connectivity index (χ3n) is 4.11. The Kier molecular flexibility index (Phi) is 4.43. The molecule has 4 heteroatoms. The van der Waals surface area contributed by atoms with Crippen molar-refractivity contribution < 1.29 is 0 Å². The second-order valence-corrected chi connectivity index (χ2v) is 6.32. The predicted octanol–water partition coefficient (Wildman–Crippen LogP) is 3.89. The van der Waals surface area contributed by atoms with E-state index in [0.717, 1.165) is 18.9 Å². The zero-order chi connectivity index (χ0) is 13.8. The molecule has 1 N–H and O–H groups in total. The fraction of sp³-hybridized carbons (Fsp3) is 0.500. The van der Waals surface area contributed by atoms with Gasteiger partial charge >= 0.3 is 0 Å². The van der Waals surface area contributed by atoms with Crippen LogP contribution in [-0.4, -0.2) is 16.1 Å². The van der Waals surface area contributed by atoms with E-state index in [1.165, 1.54) is 46.8 Å². The highest BCUT2D eigenvalue weighted by atomic mass is 32.1. The van der Waals surface area contributed by atoms with Gasteiger partial charge in [-0.3, -0.25) is 0 Å². The van der Waals surface area contributed by atoms with Gasteiger partial charge in [0.2, 0.25) is 0 Å². The summed E-state index contributed by atoms with van der Waals surface area (Å²) in [5.74, 6) is 0.802. The van der Waals surface area contributed by atoms with Crippen LogP contribution in [0.5, 0.6) is 0 Å². The largest absolute Gasteiger partial charge is 0.305 e. The van der Waals surface area contributed by atoms with E-state index in [9.17, 15) is 0 Å². The van der Waals surface area contributed by atoms with Gasteiger partial charge in [-0.25, -0.2) is 0 Å². The maximum atomic E-state index is 4.00. The third kappa shape index (κ3) is 2.91. The van der Waals surface area contributed by atoms with Crippen molar-refractivity contribution in [2.75, 3.05) is 6.54 Å². The molecule has 1 atom stereocenters. The quantitative estimate of drug-likeness (QED) is 0.875. The smallest absolute Gasteiger partial charge is 0.0703 e. The van der Waals surface area contributed by atoms with E-state index in [2.05, 4.69) is 46.1 Å². The van der Waals surface area contributed by atoms with Crippen LogP contribution in [0.25, 0.3) is 0 Å². The molecule has 1 aliphatic rings. The molecule has 1 aliphatic carbocycles. The minimum Gasteiger partial charge on any atom is -0.305 e. The lowest BCUT2D eigenvalue weighted by molar-refractivity contribution is 0.419. The van der Waals surface area contributed by atoms with Crippen molar-refractivity contribution in [1.82, 2.24) is 14.9 Å². The fourth-order valence-corrected chi connectivity index (χ4v) is 3.28. The van der Waals surface area contributed by atoms with Gasteiger partial charge in [0.05, 0.1) is 17.1 Å². The lowest BCUT2D eigenvalue weighted by Crippen LogP contribution is -2.22. The molecule has 1 heterocycles. The molecule has 0 saturated heterocycles. The van der Waals surface area contributed by atoms with Crippen LogP contribution in [0, 0.1) is 0 Å². The summed E-state index contributed by atoms with van der Waals surface area (Å²) in [5, 5.41) is 7.57. The van der Waals surface area contributed by atoms with Crippen molar-refractivity contribution in [2.45, 2.75) is 44.6 Å². The van der Waals surface area contributed by atoms with Crippen molar-refractivity contribution >= 4 is 11.5 Å². The lowest BCUT2D eigenvalue weighted by Gasteiger charge is -2.26. The molecule has 0 radical (unpaired) electrons. The Labute approximate surface area is 124 Å². The first kappa shape index (κ1) is 13.7. The number of nitrogens with zero attached hydrogens (tertiary/aromatic N) is 2. The van der Waals surface area contributed by atoms with Gasteiger partial charge in [0.25, 0.3) is 0 Å². The Morgan fingerprint density at radius 3 is 2.65 bits per heavy atom. The predicted molar refractivity (Wildman–Crippen MR) is 83.1 cm³/mol. The molecule has 1 aromatic heterocycles. The third-order valence-corrected chi connectivity index (χ3v) is 4.84. The Hall–Kier alpha value is -1.26. The highest BCUT2D eigenvalue weighted by molar-refractivity contribution is 7.05. The highest BCUT2D eigenvalue weighted by Crippen LogP contribution is 2.36. The van der Waals surface area contributed by atoms with Crippen LogP contribution in [0.2, 0.25) is 0 Å². The highest BCUT2D eigenvalue weighted by Gasteiger charge is 2.20. The van der Waals surface area contributed by atoms with Crippen LogP contribution in [-0.2, 0) is 0 Å². The number of hydrogen-bond donors (Lipinski definition) is 1. The molecule has 1 aromatic carbocycles. The zero-order valence-corrected chi connectivity index (χ0v) is 12.7. The molecule has 20 heavy (non-hydrogen) atoms. The van der Waals surface area contributed by atoms with E-state index in [1.54, 1.807) is 0 Å². The summed E-state index contributed by atoms with van der Waals surface area (Å²) >= 11 is 1.48. The van der Waals surface area contributed by atoms with Gasteiger partial charge in [-0.15, -0.1) is 5.10 Å². The summed E-state index contributed by atoms with van der Waals surface area (Å²) in [5.41, 5.74) is 2.81. The van der Waals surface area contributed by atoms with E-state index in [4.69, 9.17) is 0 Å². The first-order valence-corrected chi connectivity index (χ1v) is 8.26. The van der Waals surface area contributed by atoms with E-state index < -0.39 is 0 Å². The Balaban J connectivity index is 1.79. The van der Waals surface area contributed by atoms with E-state index >= 15 is 0 Å². The van der Waals surface area contributed by atoms with Crippen LogP contribution < -0.4 is 5.32 Å². The molecule has 3 rings (SSSR count). The van der Waals surface area contributed by atoms with Gasteiger partial charge in [-0.05, 0) is 54.4 Å². The van der Waals surface area contributed by atoms with Crippen LogP contribution in [0.4, 0.5) is 0 Å². The molecule has 0 spiro atoms. The summed E-state index contributed by atoms with van der Waals surface area (Å²) in [6.07, 6.45) is 7.10. The summed E-state index contributed by atoms with van der Waals surface area (Å²) < 4.78 is 4.00. The molecule has 0 aliphatic heterocycles. The number of benzene rings is 1. The first-order valence-electron chi connectivity index (χ1n) is 7.49. The van der Waals surface area contributed by atoms with E-state index in [-0.39, 0.29) is 6.04 Å². The van der Waals surface area contributed by atoms with Gasteiger partial charge in [0, 0.05) is 0 Å². The van der Waals surface area contributed by atoms with Crippen molar-refractivity contribution in [1.29, 1.82) is 0 Å². The fourth-order valence-electron chi connectivity index (χ4n) is 2.68. The molecule has 1 unspecified atom stereocenters. The summed E-state index contributed by atoms with van der Waals surface area (Å²) in [6, 6.07) is 9.36. The Morgan fingerprint density at radius 1 is 1.30 bits per heavy atom. The van der Waals surface area contributed by atoms with E-state index in [0.29, 0.717) is 0 Å². The average Bonchev–Trinajstić information content (AvgIpc) is 2.93. The normalized spacial score (nSPS) is 16.9. The topological polar surface area (TPSA) is 37.8 Å². The number of hydrogen-bond acceptors (Lipinski definition) is 4. The second-order valence-electron chi connectivity index (χ2n) is 5.50. The van der Waals surface area contributed by atoms with Gasteiger partial charge in [-0.2, -0.15) is 0 Å². The van der Waals surface area contributed by atoms with Gasteiger partial charge in [0.1, 0.15) is 0 Å². The standard InChI is InChI=1S/C16H21N3S/c1-2-10-17-16(15-11-18-19-20-15)14-8-6-13(7-9-14)12-4-3-5-12/h6-9,11-12,16-17H,2-5,10H2,1H3. The molecule has 0 bridgehead atoms. The van der Waals surface area contributed by atoms with Gasteiger partial charge in [-0.1, -0.05) is 42.1 Å². The van der Waals surface area contributed by atoms with Gasteiger partial charge in [0.15, 0.2) is 0 Å². The van der Waals surface area contributed by atoms with Crippen LogP contribution in [0.3, 0.4) is 0 Å². The molecule has 1 fully saturated rings. The van der Waals surface area contributed by atoms with Crippen LogP contribution in [0.15, 0.2) is 30.5 Å². The molecule has 2 aromatic rings. The zero-order valence-electron chi connectivity index (χ0n) is 11.9. The Bertz CT molecular complexity index is 517. The summed E-state index contributed by atoms with van der Waals surface area (Å²) in [7, 11) is 0. The molecular weight excluding hydrogens is 266 g/mol. The maximum Gasteiger partial charge on any atom is 0.0703 e. The molecule has 1 saturated carbocycles. The maximum absolute atomic E-state index is 4.00. The lowest BCUT2D eigenvalue weighted by atomic mass is 9.80. The van der Waals surface area contributed by atoms with Crippen molar-refractivity contribution in [3.63, 3.8) is 0 Å². The second kappa shape index (κ2) is 6.46. The average molecular weight is 287 g/mol. The molecule has 106 valence electrons. The number of aromatic nitrogens is 2. The summed E-state index contributed by atoms with van der Waals surface area (Å²) in [4.78, 5) is 1.19. The van der Waals surface area contributed by atoms with Crippen molar-refractivity contribution in [2.24, 2.45) is 0 Å². The molecule has 0 amide bonds. The number of nitrogens with one attached hydrogen (secondary N) is 1. The first-order chi connectivity index (χ1) is 9.88. The van der Waals surface area contributed by atoms with Crippen LogP contribution >= 0.6 is 11.5 Å². The molecular formula is C16H21N3S.